The summed E-state index contributed by atoms with van der Waals surface area (Å²) < 4.78 is 41.4. The van der Waals surface area contributed by atoms with Crippen molar-refractivity contribution in [2.75, 3.05) is 0 Å². The molecule has 0 saturated carbocycles. The molecule has 0 radical (unpaired) electrons. The zero-order chi connectivity index (χ0) is 15.6. The van der Waals surface area contributed by atoms with E-state index in [-0.39, 0.29) is 5.39 Å². The highest BCUT2D eigenvalue weighted by molar-refractivity contribution is 7.86. The van der Waals surface area contributed by atoms with Crippen LogP contribution < -0.4 is 4.74 Å². The Balaban J connectivity index is 2.01. The molecule has 112 valence electrons. The fraction of sp³-hybridized carbons (Fsp3) is 0.0625. The summed E-state index contributed by atoms with van der Waals surface area (Å²) in [5.41, 5.74) is 1.28. The monoisotopic (exact) mass is 317 g/mol. The van der Waals surface area contributed by atoms with Crippen LogP contribution in [0.25, 0.3) is 10.9 Å². The Labute approximate surface area is 127 Å². The first-order valence-corrected chi connectivity index (χ1v) is 7.93. The number of benzene rings is 2. The van der Waals surface area contributed by atoms with Crippen molar-refractivity contribution in [3.05, 3.63) is 66.4 Å². The van der Waals surface area contributed by atoms with Crippen molar-refractivity contribution in [3.8, 4) is 5.75 Å². The number of aromatic nitrogens is 1. The topological polar surface area (TPSA) is 56.3 Å². The van der Waals surface area contributed by atoms with Gasteiger partial charge in [-0.25, -0.2) is 0 Å². The molecule has 0 aliphatic carbocycles. The minimum absolute atomic E-state index is 0.204. The van der Waals surface area contributed by atoms with E-state index in [9.17, 15) is 12.3 Å². The van der Waals surface area contributed by atoms with Gasteiger partial charge in [0.25, 0.3) is 0 Å². The van der Waals surface area contributed by atoms with Gasteiger partial charge in [0.05, 0.1) is 0 Å². The van der Waals surface area contributed by atoms with Crippen LogP contribution in [-0.4, -0.2) is 13.4 Å². The Morgan fingerprint density at radius 3 is 2.50 bits per heavy atom. The molecule has 6 heteroatoms. The number of pyridine rings is 1. The number of ether oxygens (including phenoxy) is 1. The van der Waals surface area contributed by atoms with Crippen LogP contribution in [-0.2, 0) is 16.8 Å². The van der Waals surface area contributed by atoms with Crippen LogP contribution in [0, 0.1) is 0 Å². The summed E-state index contributed by atoms with van der Waals surface area (Å²) in [5.74, 6) is 0.409. The van der Waals surface area contributed by atoms with Gasteiger partial charge in [-0.2, -0.15) is 8.42 Å². The van der Waals surface area contributed by atoms with Crippen LogP contribution in [0.5, 0.6) is 5.75 Å². The van der Waals surface area contributed by atoms with E-state index < -0.39 is 15.1 Å². The van der Waals surface area contributed by atoms with E-state index in [1.807, 2.05) is 30.3 Å². The summed E-state index contributed by atoms with van der Waals surface area (Å²) in [7, 11) is -4.81. The van der Waals surface area contributed by atoms with Gasteiger partial charge in [-0.15, -0.1) is 3.89 Å². The molecule has 2 aromatic carbocycles. The maximum Gasteiger partial charge on any atom is 0.332 e. The summed E-state index contributed by atoms with van der Waals surface area (Å²) in [6.45, 7) is 0.314. The maximum atomic E-state index is 13.3. The van der Waals surface area contributed by atoms with Gasteiger partial charge in [0.15, 0.2) is 0 Å². The fourth-order valence-electron chi connectivity index (χ4n) is 2.18. The molecule has 0 atom stereocenters. The standard InChI is InChI=1S/C16H12FNO3S/c17-22(19,20)15-9-8-14(16-13(15)7-4-10-18-16)21-11-12-5-2-1-3-6-12/h1-10H,11H2. The Kier molecular flexibility index (Phi) is 3.77. The highest BCUT2D eigenvalue weighted by Gasteiger charge is 2.18. The van der Waals surface area contributed by atoms with Crippen LogP contribution in [0.1, 0.15) is 5.56 Å². The Morgan fingerprint density at radius 2 is 1.77 bits per heavy atom. The molecule has 0 amide bonds. The molecule has 0 aliphatic heterocycles. The van der Waals surface area contributed by atoms with Crippen LogP contribution in [0.3, 0.4) is 0 Å². The summed E-state index contributed by atoms with van der Waals surface area (Å²) in [4.78, 5) is 3.71. The van der Waals surface area contributed by atoms with Crippen LogP contribution >= 0.6 is 0 Å². The van der Waals surface area contributed by atoms with E-state index >= 15 is 0 Å². The van der Waals surface area contributed by atoms with Crippen molar-refractivity contribution in [2.45, 2.75) is 11.5 Å². The molecule has 0 bridgehead atoms. The normalized spacial score (nSPS) is 11.5. The number of halogens is 1. The second kappa shape index (κ2) is 5.73. The third-order valence-electron chi connectivity index (χ3n) is 3.19. The number of nitrogens with zero attached hydrogens (tertiary/aromatic N) is 1. The highest BCUT2D eigenvalue weighted by Crippen LogP contribution is 2.30. The van der Waals surface area contributed by atoms with Gasteiger partial charge >= 0.3 is 10.2 Å². The first-order chi connectivity index (χ1) is 10.6. The second-order valence-corrected chi connectivity index (χ2v) is 5.99. The first-order valence-electron chi connectivity index (χ1n) is 6.55. The highest BCUT2D eigenvalue weighted by atomic mass is 32.3. The first kappa shape index (κ1) is 14.5. The molecule has 0 fully saturated rings. The smallest absolute Gasteiger partial charge is 0.332 e. The van der Waals surface area contributed by atoms with Gasteiger partial charge in [0.1, 0.15) is 22.8 Å². The van der Waals surface area contributed by atoms with Gasteiger partial charge in [0.2, 0.25) is 0 Å². The fourth-order valence-corrected chi connectivity index (χ4v) is 2.84. The molecule has 1 heterocycles. The molecule has 0 aliphatic rings. The largest absolute Gasteiger partial charge is 0.487 e. The van der Waals surface area contributed by atoms with Crippen molar-refractivity contribution in [2.24, 2.45) is 0 Å². The van der Waals surface area contributed by atoms with E-state index in [0.717, 1.165) is 5.56 Å². The molecule has 0 saturated heterocycles. The molecule has 4 nitrogen and oxygen atoms in total. The van der Waals surface area contributed by atoms with E-state index in [2.05, 4.69) is 4.98 Å². The predicted molar refractivity (Wildman–Crippen MR) is 80.8 cm³/mol. The lowest BCUT2D eigenvalue weighted by molar-refractivity contribution is 0.309. The van der Waals surface area contributed by atoms with Crippen molar-refractivity contribution >= 4 is 21.1 Å². The Bertz CT molecular complexity index is 911. The van der Waals surface area contributed by atoms with Crippen molar-refractivity contribution in [3.63, 3.8) is 0 Å². The third kappa shape index (κ3) is 2.92. The number of hydrogen-bond donors (Lipinski definition) is 0. The lowest BCUT2D eigenvalue weighted by Crippen LogP contribution is -1.99. The molecule has 22 heavy (non-hydrogen) atoms. The quantitative estimate of drug-likeness (QED) is 0.691. The molecule has 3 rings (SSSR count). The van der Waals surface area contributed by atoms with Crippen molar-refractivity contribution in [1.82, 2.24) is 4.98 Å². The minimum atomic E-state index is -4.81. The van der Waals surface area contributed by atoms with Gasteiger partial charge in [-0.1, -0.05) is 30.3 Å². The summed E-state index contributed by atoms with van der Waals surface area (Å²) in [6, 6.07) is 15.2. The van der Waals surface area contributed by atoms with Gasteiger partial charge < -0.3 is 4.74 Å². The summed E-state index contributed by atoms with van der Waals surface area (Å²) in [5, 5.41) is 0.204. The SMILES string of the molecule is O=S(=O)(F)c1ccc(OCc2ccccc2)c2ncccc12. The van der Waals surface area contributed by atoms with Crippen molar-refractivity contribution in [1.29, 1.82) is 0 Å². The molecule has 1 aromatic heterocycles. The van der Waals surface area contributed by atoms with Crippen LogP contribution in [0.15, 0.2) is 65.7 Å². The van der Waals surface area contributed by atoms with E-state index in [1.165, 1.54) is 24.4 Å². The number of rotatable bonds is 4. The van der Waals surface area contributed by atoms with Gasteiger partial charge in [-0.3, -0.25) is 4.98 Å². The number of fused-ring (bicyclic) bond motifs is 1. The summed E-state index contributed by atoms with van der Waals surface area (Å²) in [6.07, 6.45) is 1.51. The van der Waals surface area contributed by atoms with Gasteiger partial charge in [0, 0.05) is 11.6 Å². The second-order valence-electron chi connectivity index (χ2n) is 4.67. The molecular formula is C16H12FNO3S. The Hall–Kier alpha value is -2.47. The number of hydrogen-bond acceptors (Lipinski definition) is 4. The molecule has 3 aromatic rings. The predicted octanol–water partition coefficient (Wildman–Crippen LogP) is 3.47. The van der Waals surface area contributed by atoms with Gasteiger partial charge in [-0.05, 0) is 29.8 Å². The van der Waals surface area contributed by atoms with E-state index in [1.54, 1.807) is 6.07 Å². The summed E-state index contributed by atoms with van der Waals surface area (Å²) >= 11 is 0. The lowest BCUT2D eigenvalue weighted by Gasteiger charge is -2.10. The molecule has 0 N–H and O–H groups in total. The zero-order valence-corrected chi connectivity index (χ0v) is 12.3. The van der Waals surface area contributed by atoms with Crippen molar-refractivity contribution < 1.29 is 17.0 Å². The lowest BCUT2D eigenvalue weighted by atomic mass is 10.2. The van der Waals surface area contributed by atoms with E-state index in [4.69, 9.17) is 4.74 Å². The van der Waals surface area contributed by atoms with Crippen LogP contribution in [0.4, 0.5) is 3.89 Å². The van der Waals surface area contributed by atoms with E-state index in [0.29, 0.717) is 17.9 Å². The Morgan fingerprint density at radius 1 is 1.00 bits per heavy atom. The molecular weight excluding hydrogens is 305 g/mol. The zero-order valence-electron chi connectivity index (χ0n) is 11.4. The minimum Gasteiger partial charge on any atom is -0.487 e. The average Bonchev–Trinajstić information content (AvgIpc) is 2.52. The molecule has 0 unspecified atom stereocenters. The maximum absolute atomic E-state index is 13.3. The third-order valence-corrected chi connectivity index (χ3v) is 4.07. The average molecular weight is 317 g/mol. The molecule has 0 spiro atoms. The van der Waals surface area contributed by atoms with Crippen LogP contribution in [0.2, 0.25) is 0 Å².